The van der Waals surface area contributed by atoms with Gasteiger partial charge < -0.3 is 14.4 Å². The second kappa shape index (κ2) is 12.0. The van der Waals surface area contributed by atoms with E-state index in [9.17, 15) is 14.7 Å². The molecule has 7 heteroatoms. The molecule has 0 atom stereocenters. The summed E-state index contributed by atoms with van der Waals surface area (Å²) in [6, 6.07) is 37.1. The van der Waals surface area contributed by atoms with Gasteiger partial charge in [-0.25, -0.2) is 9.78 Å². The lowest BCUT2D eigenvalue weighted by atomic mass is 9.88. The number of nitrogens with zero attached hydrogens (tertiary/aromatic N) is 3. The summed E-state index contributed by atoms with van der Waals surface area (Å²) in [7, 11) is 0. The Bertz CT molecular complexity index is 1770. The predicted molar refractivity (Wildman–Crippen MR) is 161 cm³/mol. The molecule has 0 aliphatic rings. The molecule has 0 fully saturated rings. The lowest BCUT2D eigenvalue weighted by Crippen LogP contribution is -2.32. The van der Waals surface area contributed by atoms with Crippen molar-refractivity contribution in [1.82, 2.24) is 14.5 Å². The van der Waals surface area contributed by atoms with E-state index in [2.05, 4.69) is 24.3 Å². The van der Waals surface area contributed by atoms with E-state index in [1.807, 2.05) is 77.7 Å². The van der Waals surface area contributed by atoms with E-state index in [1.165, 1.54) is 21.9 Å². The molecular formula is C35H29N3O4. The van der Waals surface area contributed by atoms with Gasteiger partial charge in [0.1, 0.15) is 6.26 Å². The fourth-order valence-corrected chi connectivity index (χ4v) is 5.42. The average Bonchev–Trinajstić information content (AvgIpc) is 3.69. The molecule has 42 heavy (non-hydrogen) atoms. The Balaban J connectivity index is 1.29. The first kappa shape index (κ1) is 26.8. The standard InChI is InChI=1S/C35H29N3O4/c39-34(27-15-8-3-9-16-27)37(21-19-29(25-11-4-1-5-12-25)26-13-6-2-7-14-26)23-28-24-42-33(36-28)31-17-10-18-32-30(31)20-22-38(32)35(40)41/h1-18,20,22,24,29H,19,21,23H2,(H,40,41). The van der Waals surface area contributed by atoms with Crippen molar-refractivity contribution in [3.8, 4) is 11.5 Å². The minimum absolute atomic E-state index is 0.0827. The number of aromatic nitrogens is 2. The number of oxazole rings is 1. The lowest BCUT2D eigenvalue weighted by molar-refractivity contribution is 0.0737. The first-order valence-electron chi connectivity index (χ1n) is 13.8. The number of carbonyl (C=O) groups excluding carboxylic acids is 1. The largest absolute Gasteiger partial charge is 0.464 e. The first-order valence-corrected chi connectivity index (χ1v) is 13.8. The van der Waals surface area contributed by atoms with Crippen LogP contribution in [0.1, 0.15) is 39.5 Å². The molecule has 0 saturated carbocycles. The zero-order valence-electron chi connectivity index (χ0n) is 22.8. The van der Waals surface area contributed by atoms with Gasteiger partial charge in [-0.3, -0.25) is 9.36 Å². The Kier molecular flexibility index (Phi) is 7.64. The van der Waals surface area contributed by atoms with Crippen molar-refractivity contribution >= 4 is 22.9 Å². The fourth-order valence-electron chi connectivity index (χ4n) is 5.42. The highest BCUT2D eigenvalue weighted by molar-refractivity contribution is 5.97. The highest BCUT2D eigenvalue weighted by Crippen LogP contribution is 2.31. The molecule has 1 N–H and O–H groups in total. The molecule has 2 aromatic heterocycles. The van der Waals surface area contributed by atoms with Crippen LogP contribution in [-0.4, -0.2) is 38.1 Å². The summed E-state index contributed by atoms with van der Waals surface area (Å²) in [6.07, 6.45) is 2.74. The van der Waals surface area contributed by atoms with Crippen LogP contribution in [0.2, 0.25) is 0 Å². The van der Waals surface area contributed by atoms with Crippen molar-refractivity contribution < 1.29 is 19.1 Å². The number of carbonyl (C=O) groups is 2. The first-order chi connectivity index (χ1) is 20.6. The van der Waals surface area contributed by atoms with Crippen LogP contribution in [0.15, 0.2) is 132 Å². The Morgan fingerprint density at radius 2 is 1.45 bits per heavy atom. The summed E-state index contributed by atoms with van der Waals surface area (Å²) in [5.74, 6) is 0.403. The molecule has 0 radical (unpaired) electrons. The Labute approximate surface area is 243 Å². The molecule has 7 nitrogen and oxygen atoms in total. The van der Waals surface area contributed by atoms with Crippen LogP contribution >= 0.6 is 0 Å². The molecule has 6 rings (SSSR count). The molecule has 0 aliphatic heterocycles. The van der Waals surface area contributed by atoms with Crippen molar-refractivity contribution in [2.45, 2.75) is 18.9 Å². The molecule has 0 saturated heterocycles. The summed E-state index contributed by atoms with van der Waals surface area (Å²) in [5.41, 5.74) is 4.85. The minimum atomic E-state index is -1.06. The molecule has 0 spiro atoms. The third-order valence-corrected chi connectivity index (χ3v) is 7.47. The summed E-state index contributed by atoms with van der Waals surface area (Å²) in [4.78, 5) is 31.9. The maximum absolute atomic E-state index is 13.8. The Hall–Kier alpha value is -5.43. The molecule has 0 aliphatic carbocycles. The highest BCUT2D eigenvalue weighted by Gasteiger charge is 2.22. The summed E-state index contributed by atoms with van der Waals surface area (Å²) < 4.78 is 7.04. The number of benzene rings is 4. The number of hydrogen-bond donors (Lipinski definition) is 1. The van der Waals surface area contributed by atoms with E-state index < -0.39 is 6.09 Å². The molecule has 2 heterocycles. The van der Waals surface area contributed by atoms with Crippen LogP contribution in [0.5, 0.6) is 0 Å². The van der Waals surface area contributed by atoms with Crippen molar-refractivity contribution in [1.29, 1.82) is 0 Å². The van der Waals surface area contributed by atoms with Crippen LogP contribution in [-0.2, 0) is 6.54 Å². The zero-order chi connectivity index (χ0) is 28.9. The van der Waals surface area contributed by atoms with Gasteiger partial charge in [0.25, 0.3) is 5.91 Å². The number of carboxylic acid groups (broad SMARTS) is 1. The smallest absolute Gasteiger partial charge is 0.415 e. The van der Waals surface area contributed by atoms with E-state index in [1.54, 1.807) is 24.5 Å². The number of rotatable bonds is 9. The molecule has 4 aromatic carbocycles. The van der Waals surface area contributed by atoms with Gasteiger partial charge in [-0.2, -0.15) is 0 Å². The Morgan fingerprint density at radius 3 is 2.10 bits per heavy atom. The third kappa shape index (κ3) is 5.58. The topological polar surface area (TPSA) is 88.6 Å². The summed E-state index contributed by atoms with van der Waals surface area (Å²) in [5, 5.41) is 10.2. The molecule has 1 amide bonds. The number of fused-ring (bicyclic) bond motifs is 1. The molecule has 0 bridgehead atoms. The predicted octanol–water partition coefficient (Wildman–Crippen LogP) is 7.69. The summed E-state index contributed by atoms with van der Waals surface area (Å²) in [6.45, 7) is 0.765. The number of hydrogen-bond acceptors (Lipinski definition) is 4. The second-order valence-corrected chi connectivity index (χ2v) is 10.1. The summed E-state index contributed by atoms with van der Waals surface area (Å²) >= 11 is 0. The van der Waals surface area contributed by atoms with Gasteiger partial charge in [-0.15, -0.1) is 0 Å². The van der Waals surface area contributed by atoms with Crippen LogP contribution in [0.3, 0.4) is 0 Å². The molecule has 6 aromatic rings. The normalized spacial score (nSPS) is 11.2. The average molecular weight is 556 g/mol. The van der Waals surface area contributed by atoms with E-state index >= 15 is 0 Å². The van der Waals surface area contributed by atoms with Crippen LogP contribution in [0.25, 0.3) is 22.4 Å². The molecule has 208 valence electrons. The number of amides is 1. The van der Waals surface area contributed by atoms with Gasteiger partial charge in [0, 0.05) is 35.2 Å². The molecule has 0 unspecified atom stereocenters. The van der Waals surface area contributed by atoms with Gasteiger partial charge in [0.15, 0.2) is 0 Å². The fraction of sp³-hybridized carbons (Fsp3) is 0.114. The second-order valence-electron chi connectivity index (χ2n) is 10.1. The van der Waals surface area contributed by atoms with Crippen LogP contribution in [0.4, 0.5) is 4.79 Å². The highest BCUT2D eigenvalue weighted by atomic mass is 16.4. The SMILES string of the molecule is O=C(c1ccccc1)N(CCC(c1ccccc1)c1ccccc1)Cc1coc(-c2cccc3c2ccn3C(=O)O)n1. The lowest BCUT2D eigenvalue weighted by Gasteiger charge is -2.25. The van der Waals surface area contributed by atoms with Gasteiger partial charge in [0.05, 0.1) is 17.8 Å². The monoisotopic (exact) mass is 555 g/mol. The van der Waals surface area contributed by atoms with Crippen LogP contribution in [0, 0.1) is 0 Å². The minimum Gasteiger partial charge on any atom is -0.464 e. The van der Waals surface area contributed by atoms with Crippen LogP contribution < -0.4 is 0 Å². The van der Waals surface area contributed by atoms with E-state index in [4.69, 9.17) is 9.40 Å². The maximum Gasteiger partial charge on any atom is 0.415 e. The van der Waals surface area contributed by atoms with E-state index in [0.29, 0.717) is 34.8 Å². The van der Waals surface area contributed by atoms with Crippen molar-refractivity contribution in [2.75, 3.05) is 6.54 Å². The van der Waals surface area contributed by atoms with Crippen molar-refractivity contribution in [2.24, 2.45) is 0 Å². The third-order valence-electron chi connectivity index (χ3n) is 7.47. The van der Waals surface area contributed by atoms with Gasteiger partial charge in [-0.1, -0.05) is 84.9 Å². The van der Waals surface area contributed by atoms with E-state index in [-0.39, 0.29) is 18.4 Å². The quantitative estimate of drug-likeness (QED) is 0.198. The van der Waals surface area contributed by atoms with Gasteiger partial charge >= 0.3 is 6.09 Å². The van der Waals surface area contributed by atoms with Gasteiger partial charge in [-0.05, 0) is 47.9 Å². The van der Waals surface area contributed by atoms with Gasteiger partial charge in [0.2, 0.25) is 5.89 Å². The van der Waals surface area contributed by atoms with Crippen molar-refractivity contribution in [3.63, 3.8) is 0 Å². The van der Waals surface area contributed by atoms with E-state index in [0.717, 1.165) is 11.8 Å². The zero-order valence-corrected chi connectivity index (χ0v) is 22.8. The Morgan fingerprint density at radius 1 is 0.810 bits per heavy atom. The van der Waals surface area contributed by atoms with Crippen molar-refractivity contribution in [3.05, 3.63) is 150 Å². The maximum atomic E-state index is 13.8. The molecular weight excluding hydrogens is 526 g/mol.